The molecule has 17 heavy (non-hydrogen) atoms. The van der Waals surface area contributed by atoms with Crippen LogP contribution in [0.15, 0.2) is 0 Å². The van der Waals surface area contributed by atoms with Crippen molar-refractivity contribution < 1.29 is 14.3 Å². The number of nitrogens with zero attached hydrogens (tertiary/aromatic N) is 1. The highest BCUT2D eigenvalue weighted by molar-refractivity contribution is 5.89. The van der Waals surface area contributed by atoms with E-state index in [0.717, 1.165) is 25.9 Å². The van der Waals surface area contributed by atoms with Crippen LogP contribution in [0.4, 0.5) is 0 Å². The summed E-state index contributed by atoms with van der Waals surface area (Å²) in [4.78, 5) is 25.1. The Hall–Kier alpha value is -1.10. The Morgan fingerprint density at radius 2 is 2.29 bits per heavy atom. The Kier molecular flexibility index (Phi) is 3.99. The van der Waals surface area contributed by atoms with Crippen LogP contribution < -0.4 is 5.32 Å². The van der Waals surface area contributed by atoms with Gasteiger partial charge in [-0.2, -0.15) is 0 Å². The number of rotatable bonds is 3. The third kappa shape index (κ3) is 3.19. The number of carbonyl (C=O) groups is 2. The number of carbonyl (C=O) groups excluding carboxylic acids is 2. The topological polar surface area (TPSA) is 58.6 Å². The second-order valence-corrected chi connectivity index (χ2v) is 4.79. The second kappa shape index (κ2) is 5.49. The smallest absolute Gasteiger partial charge is 0.244 e. The van der Waals surface area contributed by atoms with Gasteiger partial charge in [0.25, 0.3) is 0 Å². The van der Waals surface area contributed by atoms with Crippen LogP contribution in [0.25, 0.3) is 0 Å². The van der Waals surface area contributed by atoms with Crippen LogP contribution in [0.3, 0.4) is 0 Å². The minimum atomic E-state index is -0.394. The summed E-state index contributed by atoms with van der Waals surface area (Å²) in [5, 5.41) is 2.69. The molecule has 5 heteroatoms. The van der Waals surface area contributed by atoms with Gasteiger partial charge in [0, 0.05) is 26.1 Å². The molecule has 2 amide bonds. The van der Waals surface area contributed by atoms with Gasteiger partial charge in [-0.25, -0.2) is 0 Å². The summed E-state index contributed by atoms with van der Waals surface area (Å²) in [6.45, 7) is 3.81. The zero-order valence-corrected chi connectivity index (χ0v) is 10.3. The molecule has 0 aromatic heterocycles. The number of amides is 2. The van der Waals surface area contributed by atoms with E-state index < -0.39 is 6.04 Å². The lowest BCUT2D eigenvalue weighted by molar-refractivity contribution is -0.133. The SMILES string of the molecule is CC1NC(=O)CCN(CCC2CCCO2)C1=O. The summed E-state index contributed by atoms with van der Waals surface area (Å²) >= 11 is 0. The lowest BCUT2D eigenvalue weighted by Crippen LogP contribution is -2.43. The van der Waals surface area contributed by atoms with Gasteiger partial charge in [0.05, 0.1) is 6.10 Å². The first-order chi connectivity index (χ1) is 8.16. The molecule has 0 spiro atoms. The van der Waals surface area contributed by atoms with Gasteiger partial charge in [-0.15, -0.1) is 0 Å². The molecule has 0 aromatic rings. The van der Waals surface area contributed by atoms with E-state index in [1.807, 2.05) is 0 Å². The molecule has 2 heterocycles. The summed E-state index contributed by atoms with van der Waals surface area (Å²) in [5.74, 6) is -0.0145. The largest absolute Gasteiger partial charge is 0.378 e. The zero-order valence-electron chi connectivity index (χ0n) is 10.3. The van der Waals surface area contributed by atoms with Crippen molar-refractivity contribution >= 4 is 11.8 Å². The van der Waals surface area contributed by atoms with Crippen molar-refractivity contribution in [3.63, 3.8) is 0 Å². The van der Waals surface area contributed by atoms with Crippen molar-refractivity contribution in [2.75, 3.05) is 19.7 Å². The van der Waals surface area contributed by atoms with Crippen LogP contribution >= 0.6 is 0 Å². The van der Waals surface area contributed by atoms with Gasteiger partial charge in [0.15, 0.2) is 0 Å². The number of ether oxygens (including phenoxy) is 1. The normalized spacial score (nSPS) is 30.3. The Labute approximate surface area is 101 Å². The fourth-order valence-electron chi connectivity index (χ4n) is 2.39. The van der Waals surface area contributed by atoms with E-state index in [1.165, 1.54) is 0 Å². The predicted octanol–water partition coefficient (Wildman–Crippen LogP) is 0.293. The molecule has 2 aliphatic heterocycles. The summed E-state index contributed by atoms with van der Waals surface area (Å²) in [6.07, 6.45) is 3.79. The third-order valence-electron chi connectivity index (χ3n) is 3.41. The maximum absolute atomic E-state index is 12.0. The molecule has 2 rings (SSSR count). The van der Waals surface area contributed by atoms with Crippen LogP contribution in [-0.2, 0) is 14.3 Å². The molecule has 96 valence electrons. The lowest BCUT2D eigenvalue weighted by Gasteiger charge is -2.23. The summed E-state index contributed by atoms with van der Waals surface area (Å²) in [7, 11) is 0. The Bertz CT molecular complexity index is 300. The fraction of sp³-hybridized carbons (Fsp3) is 0.833. The summed E-state index contributed by atoms with van der Waals surface area (Å²) < 4.78 is 5.54. The van der Waals surface area contributed by atoms with Crippen LogP contribution in [0.2, 0.25) is 0 Å². The highest BCUT2D eigenvalue weighted by atomic mass is 16.5. The van der Waals surface area contributed by atoms with Gasteiger partial charge in [0.2, 0.25) is 11.8 Å². The molecular weight excluding hydrogens is 220 g/mol. The van der Waals surface area contributed by atoms with Gasteiger partial charge in [-0.05, 0) is 26.2 Å². The highest BCUT2D eigenvalue weighted by Crippen LogP contribution is 2.16. The van der Waals surface area contributed by atoms with Crippen LogP contribution in [0.5, 0.6) is 0 Å². The average Bonchev–Trinajstić information content (AvgIpc) is 2.77. The van der Waals surface area contributed by atoms with Gasteiger partial charge in [-0.3, -0.25) is 9.59 Å². The van der Waals surface area contributed by atoms with Crippen LogP contribution in [0, 0.1) is 0 Å². The van der Waals surface area contributed by atoms with Gasteiger partial charge in [-0.1, -0.05) is 0 Å². The Morgan fingerprint density at radius 1 is 1.47 bits per heavy atom. The number of hydrogen-bond donors (Lipinski definition) is 1. The van der Waals surface area contributed by atoms with Crippen molar-refractivity contribution in [3.05, 3.63) is 0 Å². The minimum Gasteiger partial charge on any atom is -0.378 e. The van der Waals surface area contributed by atoms with E-state index in [-0.39, 0.29) is 11.8 Å². The summed E-state index contributed by atoms with van der Waals surface area (Å²) in [6, 6.07) is -0.394. The third-order valence-corrected chi connectivity index (χ3v) is 3.41. The van der Waals surface area contributed by atoms with E-state index in [1.54, 1.807) is 11.8 Å². The van der Waals surface area contributed by atoms with Crippen molar-refractivity contribution in [2.45, 2.75) is 44.8 Å². The first kappa shape index (κ1) is 12.4. The van der Waals surface area contributed by atoms with Crippen molar-refractivity contribution in [1.82, 2.24) is 10.2 Å². The zero-order chi connectivity index (χ0) is 12.3. The van der Waals surface area contributed by atoms with Crippen molar-refractivity contribution in [3.8, 4) is 0 Å². The van der Waals surface area contributed by atoms with Crippen molar-refractivity contribution in [2.24, 2.45) is 0 Å². The highest BCUT2D eigenvalue weighted by Gasteiger charge is 2.27. The molecule has 2 unspecified atom stereocenters. The van der Waals surface area contributed by atoms with E-state index in [0.29, 0.717) is 25.6 Å². The molecule has 5 nitrogen and oxygen atoms in total. The lowest BCUT2D eigenvalue weighted by atomic mass is 10.1. The van der Waals surface area contributed by atoms with Crippen LogP contribution in [0.1, 0.15) is 32.6 Å². The first-order valence-corrected chi connectivity index (χ1v) is 6.36. The second-order valence-electron chi connectivity index (χ2n) is 4.79. The average molecular weight is 240 g/mol. The fourth-order valence-corrected chi connectivity index (χ4v) is 2.39. The summed E-state index contributed by atoms with van der Waals surface area (Å²) in [5.41, 5.74) is 0. The van der Waals surface area contributed by atoms with Gasteiger partial charge < -0.3 is 15.0 Å². The maximum Gasteiger partial charge on any atom is 0.244 e. The quantitative estimate of drug-likeness (QED) is 0.771. The van der Waals surface area contributed by atoms with Crippen molar-refractivity contribution in [1.29, 1.82) is 0 Å². The molecule has 0 aliphatic carbocycles. The molecule has 0 aromatic carbocycles. The monoisotopic (exact) mass is 240 g/mol. The van der Waals surface area contributed by atoms with Crippen LogP contribution in [-0.4, -0.2) is 48.6 Å². The predicted molar refractivity (Wildman–Crippen MR) is 62.4 cm³/mol. The van der Waals surface area contributed by atoms with Gasteiger partial charge >= 0.3 is 0 Å². The van der Waals surface area contributed by atoms with E-state index in [4.69, 9.17) is 4.74 Å². The molecule has 2 aliphatic rings. The Balaban J connectivity index is 1.85. The Morgan fingerprint density at radius 3 is 3.00 bits per heavy atom. The minimum absolute atomic E-state index is 0.0221. The standard InChI is InChI=1S/C12H20N2O3/c1-9-12(16)14(7-5-11(15)13-9)6-4-10-3-2-8-17-10/h9-10H,2-8H2,1H3,(H,13,15). The van der Waals surface area contributed by atoms with E-state index >= 15 is 0 Å². The molecule has 0 saturated carbocycles. The number of hydrogen-bond acceptors (Lipinski definition) is 3. The molecule has 1 N–H and O–H groups in total. The first-order valence-electron chi connectivity index (χ1n) is 6.36. The maximum atomic E-state index is 12.0. The van der Waals surface area contributed by atoms with Gasteiger partial charge in [0.1, 0.15) is 6.04 Å². The van der Waals surface area contributed by atoms with E-state index in [9.17, 15) is 9.59 Å². The molecule has 2 fully saturated rings. The molecule has 2 atom stereocenters. The number of nitrogens with one attached hydrogen (secondary N) is 1. The molecule has 0 radical (unpaired) electrons. The van der Waals surface area contributed by atoms with E-state index in [2.05, 4.69) is 5.32 Å². The molecule has 0 bridgehead atoms. The molecular formula is C12H20N2O3. The molecule has 2 saturated heterocycles.